The van der Waals surface area contributed by atoms with E-state index in [4.69, 9.17) is 0 Å². The minimum atomic E-state index is -3.56. The Bertz CT molecular complexity index is 1210. The average Bonchev–Trinajstić information content (AvgIpc) is 2.63. The fourth-order valence-corrected chi connectivity index (χ4v) is 5.83. The average molecular weight is 406 g/mol. The molecular formula is C25H27NO2S. The van der Waals surface area contributed by atoms with Gasteiger partial charge in [0.1, 0.15) is 0 Å². The molecule has 0 spiro atoms. The van der Waals surface area contributed by atoms with Crippen LogP contribution in [-0.2, 0) is 15.3 Å². The van der Waals surface area contributed by atoms with Gasteiger partial charge >= 0.3 is 0 Å². The highest BCUT2D eigenvalue weighted by molar-refractivity contribution is 7.92. The van der Waals surface area contributed by atoms with E-state index in [1.54, 1.807) is 18.2 Å². The Balaban J connectivity index is 2.07. The van der Waals surface area contributed by atoms with Gasteiger partial charge in [0.15, 0.2) is 0 Å². The summed E-state index contributed by atoms with van der Waals surface area (Å²) in [6, 6.07) is 17.4. The zero-order chi connectivity index (χ0) is 21.1. The number of anilines is 3. The van der Waals surface area contributed by atoms with Gasteiger partial charge in [-0.3, -0.25) is 0 Å². The zero-order valence-electron chi connectivity index (χ0n) is 17.9. The Hall–Kier alpha value is -2.59. The smallest absolute Gasteiger partial charge is 0.210 e. The summed E-state index contributed by atoms with van der Waals surface area (Å²) in [4.78, 5) is 2.84. The summed E-state index contributed by atoms with van der Waals surface area (Å²) >= 11 is 0. The van der Waals surface area contributed by atoms with Crippen LogP contribution in [0, 0.1) is 20.8 Å². The molecule has 1 aliphatic rings. The van der Waals surface area contributed by atoms with E-state index < -0.39 is 9.84 Å². The third kappa shape index (κ3) is 3.06. The van der Waals surface area contributed by atoms with E-state index in [0.29, 0.717) is 21.2 Å². The number of hydrogen-bond donors (Lipinski definition) is 0. The number of nitrogens with zero attached hydrogens (tertiary/aromatic N) is 1. The standard InChI is InChI=1S/C25H27NO2S/c1-16-11-12-21-23(13-16)29(27,28)22-10-8-7-9-20(22)26(21)24-17(2)14-19(15-18(24)3)25(4,5)6/h7-15H,1-6H3. The van der Waals surface area contributed by atoms with Crippen molar-refractivity contribution in [3.8, 4) is 0 Å². The number of fused-ring (bicyclic) bond motifs is 2. The highest BCUT2D eigenvalue weighted by atomic mass is 32.2. The predicted molar refractivity (Wildman–Crippen MR) is 119 cm³/mol. The van der Waals surface area contributed by atoms with Crippen LogP contribution >= 0.6 is 0 Å². The Morgan fingerprint density at radius 3 is 1.97 bits per heavy atom. The van der Waals surface area contributed by atoms with Gasteiger partial charge in [-0.15, -0.1) is 0 Å². The van der Waals surface area contributed by atoms with Crippen LogP contribution in [0.25, 0.3) is 0 Å². The summed E-state index contributed by atoms with van der Waals surface area (Å²) in [5.41, 5.74) is 6.99. The zero-order valence-corrected chi connectivity index (χ0v) is 18.7. The Morgan fingerprint density at radius 1 is 0.759 bits per heavy atom. The van der Waals surface area contributed by atoms with E-state index in [9.17, 15) is 8.42 Å². The Labute approximate surface area is 173 Å². The normalized spacial score (nSPS) is 15.0. The quantitative estimate of drug-likeness (QED) is 0.361. The SMILES string of the molecule is Cc1ccc2c(c1)S(=O)(=O)c1ccccc1N2c1c(C)cc(C(C)(C)C)cc1C. The van der Waals surface area contributed by atoms with Crippen LogP contribution in [0.3, 0.4) is 0 Å². The lowest BCUT2D eigenvalue weighted by Crippen LogP contribution is -2.24. The predicted octanol–water partition coefficient (Wildman–Crippen LogP) is 6.53. The van der Waals surface area contributed by atoms with Crippen LogP contribution in [0.5, 0.6) is 0 Å². The minimum absolute atomic E-state index is 0.0478. The minimum Gasteiger partial charge on any atom is -0.307 e. The fourth-order valence-electron chi connectivity index (χ4n) is 4.12. The number of rotatable bonds is 1. The number of benzene rings is 3. The van der Waals surface area contributed by atoms with Crippen LogP contribution in [0.1, 0.15) is 43.0 Å². The first-order chi connectivity index (χ1) is 13.5. The van der Waals surface area contributed by atoms with Gasteiger partial charge in [-0.2, -0.15) is 0 Å². The van der Waals surface area contributed by atoms with Crippen molar-refractivity contribution in [2.45, 2.75) is 56.7 Å². The molecule has 1 aliphatic heterocycles. The lowest BCUT2D eigenvalue weighted by atomic mass is 9.84. The fraction of sp³-hybridized carbons (Fsp3) is 0.280. The van der Waals surface area contributed by atoms with Crippen molar-refractivity contribution in [3.05, 3.63) is 76.9 Å². The van der Waals surface area contributed by atoms with Crippen molar-refractivity contribution >= 4 is 26.9 Å². The molecule has 0 saturated carbocycles. The molecule has 29 heavy (non-hydrogen) atoms. The largest absolute Gasteiger partial charge is 0.307 e. The maximum absolute atomic E-state index is 13.4. The second-order valence-corrected chi connectivity index (χ2v) is 10.9. The van der Waals surface area contributed by atoms with Crippen LogP contribution < -0.4 is 4.90 Å². The molecule has 0 atom stereocenters. The van der Waals surface area contributed by atoms with Crippen LogP contribution in [0.2, 0.25) is 0 Å². The summed E-state index contributed by atoms with van der Waals surface area (Å²) in [6.07, 6.45) is 0. The van der Waals surface area contributed by atoms with Crippen LogP contribution in [0.4, 0.5) is 17.1 Å². The molecule has 3 aromatic rings. The van der Waals surface area contributed by atoms with Crippen LogP contribution in [-0.4, -0.2) is 8.42 Å². The highest BCUT2D eigenvalue weighted by Gasteiger charge is 2.36. The molecule has 0 amide bonds. The van der Waals surface area contributed by atoms with Gasteiger partial charge in [-0.25, -0.2) is 8.42 Å². The summed E-state index contributed by atoms with van der Waals surface area (Å²) in [6.45, 7) is 12.8. The summed E-state index contributed by atoms with van der Waals surface area (Å²) in [5.74, 6) is 0. The molecule has 1 heterocycles. The molecule has 0 bridgehead atoms. The molecule has 4 rings (SSSR count). The highest BCUT2D eigenvalue weighted by Crippen LogP contribution is 2.50. The third-order valence-electron chi connectivity index (χ3n) is 5.62. The molecule has 150 valence electrons. The van der Waals surface area contributed by atoms with E-state index in [1.165, 1.54) is 5.56 Å². The van der Waals surface area contributed by atoms with Crippen molar-refractivity contribution in [2.24, 2.45) is 0 Å². The third-order valence-corrected chi connectivity index (χ3v) is 7.45. The van der Waals surface area contributed by atoms with Crippen molar-refractivity contribution < 1.29 is 8.42 Å². The monoisotopic (exact) mass is 405 g/mol. The molecular weight excluding hydrogens is 378 g/mol. The van der Waals surface area contributed by atoms with Crippen molar-refractivity contribution in [2.75, 3.05) is 4.90 Å². The topological polar surface area (TPSA) is 37.4 Å². The van der Waals surface area contributed by atoms with Gasteiger partial charge in [0, 0.05) is 0 Å². The molecule has 0 N–H and O–H groups in total. The maximum Gasteiger partial charge on any atom is 0.210 e. The van der Waals surface area contributed by atoms with E-state index >= 15 is 0 Å². The molecule has 0 radical (unpaired) electrons. The number of hydrogen-bond acceptors (Lipinski definition) is 3. The molecule has 0 saturated heterocycles. The van der Waals surface area contributed by atoms with Gasteiger partial charge in [-0.1, -0.05) is 51.1 Å². The van der Waals surface area contributed by atoms with Crippen molar-refractivity contribution in [3.63, 3.8) is 0 Å². The van der Waals surface area contributed by atoms with E-state index in [1.807, 2.05) is 31.2 Å². The lowest BCUT2D eigenvalue weighted by Gasteiger charge is -2.35. The Morgan fingerprint density at radius 2 is 1.34 bits per heavy atom. The molecule has 0 aromatic heterocycles. The lowest BCUT2D eigenvalue weighted by molar-refractivity contribution is 0.589. The first kappa shape index (κ1) is 19.7. The Kier molecular flexibility index (Phi) is 4.39. The van der Waals surface area contributed by atoms with E-state index in [2.05, 4.69) is 51.7 Å². The maximum atomic E-state index is 13.4. The number of sulfone groups is 1. The first-order valence-electron chi connectivity index (χ1n) is 9.88. The summed E-state index contributed by atoms with van der Waals surface area (Å²) < 4.78 is 26.7. The molecule has 3 nitrogen and oxygen atoms in total. The van der Waals surface area contributed by atoms with Gasteiger partial charge < -0.3 is 4.90 Å². The van der Waals surface area contributed by atoms with Crippen molar-refractivity contribution in [1.29, 1.82) is 0 Å². The van der Waals surface area contributed by atoms with Crippen LogP contribution in [0.15, 0.2) is 64.4 Å². The van der Waals surface area contributed by atoms with Gasteiger partial charge in [0.05, 0.1) is 26.9 Å². The molecule has 0 fully saturated rings. The van der Waals surface area contributed by atoms with Gasteiger partial charge in [0.2, 0.25) is 9.84 Å². The molecule has 3 aromatic carbocycles. The van der Waals surface area contributed by atoms with Gasteiger partial charge in [0.25, 0.3) is 0 Å². The number of aryl methyl sites for hydroxylation is 3. The van der Waals surface area contributed by atoms with E-state index in [-0.39, 0.29) is 5.41 Å². The molecule has 0 aliphatic carbocycles. The van der Waals surface area contributed by atoms with Gasteiger partial charge in [-0.05, 0) is 72.7 Å². The number of para-hydroxylation sites is 1. The summed E-state index contributed by atoms with van der Waals surface area (Å²) in [7, 11) is -3.56. The molecule has 0 unspecified atom stereocenters. The molecule has 4 heteroatoms. The summed E-state index contributed by atoms with van der Waals surface area (Å²) in [5, 5.41) is 0. The van der Waals surface area contributed by atoms with Crippen molar-refractivity contribution in [1.82, 2.24) is 0 Å². The second kappa shape index (κ2) is 6.46. The first-order valence-corrected chi connectivity index (χ1v) is 11.4. The van der Waals surface area contributed by atoms with E-state index in [0.717, 1.165) is 22.4 Å². The second-order valence-electron chi connectivity index (χ2n) is 8.99.